The van der Waals surface area contributed by atoms with Crippen molar-refractivity contribution in [1.82, 2.24) is 29.5 Å². The molecule has 0 saturated carbocycles. The quantitative estimate of drug-likeness (QED) is 0.568. The van der Waals surface area contributed by atoms with E-state index in [1.165, 1.54) is 11.5 Å². The average molecular weight is 338 g/mol. The van der Waals surface area contributed by atoms with Crippen LogP contribution in [0.25, 0.3) is 22.2 Å². The van der Waals surface area contributed by atoms with Gasteiger partial charge in [-0.25, -0.2) is 0 Å². The Kier molecular flexibility index (Phi) is 3.66. The van der Waals surface area contributed by atoms with E-state index in [4.69, 9.17) is 4.52 Å². The topological polar surface area (TPSA) is 82.5 Å². The third-order valence-corrected chi connectivity index (χ3v) is 4.27. The van der Waals surface area contributed by atoms with Gasteiger partial charge >= 0.3 is 0 Å². The second-order valence-electron chi connectivity index (χ2n) is 5.49. The molecule has 7 nitrogen and oxygen atoms in total. The first-order valence-corrected chi connectivity index (χ1v) is 8.18. The van der Waals surface area contributed by atoms with E-state index in [-0.39, 0.29) is 0 Å². The summed E-state index contributed by atoms with van der Waals surface area (Å²) in [6.07, 6.45) is 1.61. The molecule has 0 bridgehead atoms. The van der Waals surface area contributed by atoms with Crippen LogP contribution in [0.1, 0.15) is 17.0 Å². The van der Waals surface area contributed by atoms with Gasteiger partial charge in [0.2, 0.25) is 5.82 Å². The molecule has 0 radical (unpaired) electrons. The van der Waals surface area contributed by atoms with Crippen molar-refractivity contribution in [2.45, 2.75) is 20.4 Å². The van der Waals surface area contributed by atoms with Crippen molar-refractivity contribution in [3.8, 4) is 22.2 Å². The van der Waals surface area contributed by atoms with E-state index in [1.807, 2.05) is 23.7 Å². The van der Waals surface area contributed by atoms with Gasteiger partial charge in [-0.15, -0.1) is 5.10 Å². The summed E-state index contributed by atoms with van der Waals surface area (Å²) >= 11 is 1.22. The molecule has 1 aromatic carbocycles. The molecule has 3 aromatic heterocycles. The van der Waals surface area contributed by atoms with Crippen molar-refractivity contribution < 1.29 is 4.52 Å². The fourth-order valence-electron chi connectivity index (χ4n) is 2.52. The zero-order valence-corrected chi connectivity index (χ0v) is 14.0. The van der Waals surface area contributed by atoms with Gasteiger partial charge in [0.15, 0.2) is 0 Å². The van der Waals surface area contributed by atoms with Crippen LogP contribution >= 0.6 is 11.5 Å². The first kappa shape index (κ1) is 14.7. The molecule has 4 rings (SSSR count). The average Bonchev–Trinajstić information content (AvgIpc) is 3.29. The lowest BCUT2D eigenvalue weighted by Crippen LogP contribution is -2.04. The molecule has 0 atom stereocenters. The molecule has 0 saturated heterocycles. The summed E-state index contributed by atoms with van der Waals surface area (Å²) in [5, 5.41) is 12.3. The Balaban J connectivity index is 1.62. The van der Waals surface area contributed by atoms with Crippen LogP contribution in [0, 0.1) is 13.8 Å². The van der Waals surface area contributed by atoms with Gasteiger partial charge in [-0.2, -0.15) is 10.1 Å². The largest absolute Gasteiger partial charge is 0.333 e. The lowest BCUT2D eigenvalue weighted by molar-refractivity contribution is 0.433. The van der Waals surface area contributed by atoms with Gasteiger partial charge in [-0.3, -0.25) is 4.68 Å². The van der Waals surface area contributed by atoms with Crippen LogP contribution in [0.15, 0.2) is 41.1 Å². The third kappa shape index (κ3) is 2.83. The van der Waals surface area contributed by atoms with Crippen LogP contribution in [0.4, 0.5) is 0 Å². The molecule has 120 valence electrons. The van der Waals surface area contributed by atoms with Crippen molar-refractivity contribution in [2.75, 3.05) is 0 Å². The van der Waals surface area contributed by atoms with E-state index in [1.54, 1.807) is 6.20 Å². The molecule has 0 N–H and O–H groups in total. The second kappa shape index (κ2) is 5.97. The molecule has 0 fully saturated rings. The van der Waals surface area contributed by atoms with E-state index in [2.05, 4.69) is 49.9 Å². The molecule has 0 spiro atoms. The number of aryl methyl sites for hydroxylation is 2. The Morgan fingerprint density at radius 3 is 2.88 bits per heavy atom. The fourth-order valence-corrected chi connectivity index (χ4v) is 2.96. The molecule has 0 unspecified atom stereocenters. The van der Waals surface area contributed by atoms with Crippen LogP contribution in [0.5, 0.6) is 0 Å². The molecule has 0 aliphatic carbocycles. The summed E-state index contributed by atoms with van der Waals surface area (Å²) in [4.78, 5) is 5.18. The minimum Gasteiger partial charge on any atom is -0.333 e. The molecular formula is C16H14N6OS. The summed E-state index contributed by atoms with van der Waals surface area (Å²) in [6.45, 7) is 4.75. The van der Waals surface area contributed by atoms with Crippen LogP contribution in [0.2, 0.25) is 0 Å². The maximum atomic E-state index is 5.30. The Hall–Kier alpha value is -2.87. The summed E-state index contributed by atoms with van der Waals surface area (Å²) in [5.74, 6) is 0.984. The smallest absolute Gasteiger partial charge is 0.271 e. The van der Waals surface area contributed by atoms with Crippen LogP contribution in [-0.4, -0.2) is 29.5 Å². The van der Waals surface area contributed by atoms with Crippen LogP contribution in [0.3, 0.4) is 0 Å². The second-order valence-corrected chi connectivity index (χ2v) is 6.28. The predicted molar refractivity (Wildman–Crippen MR) is 89.4 cm³/mol. The van der Waals surface area contributed by atoms with Gasteiger partial charge in [0.05, 0.1) is 18.4 Å². The summed E-state index contributed by atoms with van der Waals surface area (Å²) < 4.78 is 11.1. The van der Waals surface area contributed by atoms with E-state index in [0.717, 1.165) is 27.4 Å². The summed E-state index contributed by atoms with van der Waals surface area (Å²) in [7, 11) is 0. The highest BCUT2D eigenvalue weighted by atomic mass is 32.1. The number of benzene rings is 1. The van der Waals surface area contributed by atoms with Gasteiger partial charge in [-0.1, -0.05) is 27.8 Å². The standard InChI is InChI=1S/C16H14N6OS/c1-10-6-11(2)22(19-10)9-12-4-3-5-13(7-12)15-18-16(23-20-15)14-8-17-21-24-14/h3-8H,9H2,1-2H3. The normalized spacial score (nSPS) is 11.1. The zero-order valence-electron chi connectivity index (χ0n) is 13.2. The predicted octanol–water partition coefficient (Wildman–Crippen LogP) is 3.12. The molecule has 0 aliphatic rings. The number of hydrogen-bond acceptors (Lipinski definition) is 7. The maximum Gasteiger partial charge on any atom is 0.271 e. The van der Waals surface area contributed by atoms with Gasteiger partial charge in [-0.05, 0) is 43.1 Å². The van der Waals surface area contributed by atoms with E-state index in [0.29, 0.717) is 18.3 Å². The lowest BCUT2D eigenvalue weighted by atomic mass is 10.1. The molecule has 8 heteroatoms. The van der Waals surface area contributed by atoms with Gasteiger partial charge < -0.3 is 4.52 Å². The van der Waals surface area contributed by atoms with E-state index < -0.39 is 0 Å². The number of aromatic nitrogens is 6. The molecular weight excluding hydrogens is 324 g/mol. The van der Waals surface area contributed by atoms with Gasteiger partial charge in [0.1, 0.15) is 4.88 Å². The van der Waals surface area contributed by atoms with Crippen LogP contribution < -0.4 is 0 Å². The van der Waals surface area contributed by atoms with Crippen molar-refractivity contribution in [3.05, 3.63) is 53.5 Å². The number of nitrogens with zero attached hydrogens (tertiary/aromatic N) is 6. The zero-order chi connectivity index (χ0) is 16.5. The Labute approximate surface area is 142 Å². The summed E-state index contributed by atoms with van der Waals surface area (Å²) in [5.41, 5.74) is 4.19. The van der Waals surface area contributed by atoms with Gasteiger partial charge in [0, 0.05) is 11.3 Å². The van der Waals surface area contributed by atoms with Crippen molar-refractivity contribution in [3.63, 3.8) is 0 Å². The third-order valence-electron chi connectivity index (χ3n) is 3.62. The Morgan fingerprint density at radius 2 is 2.12 bits per heavy atom. The highest BCUT2D eigenvalue weighted by Crippen LogP contribution is 2.24. The monoisotopic (exact) mass is 338 g/mol. The minimum atomic E-state index is 0.434. The van der Waals surface area contributed by atoms with Gasteiger partial charge in [0.25, 0.3) is 5.89 Å². The maximum absolute atomic E-state index is 5.30. The SMILES string of the molecule is Cc1cc(C)n(Cc2cccc(-c3noc(-c4cnns4)n3)c2)n1. The highest BCUT2D eigenvalue weighted by molar-refractivity contribution is 7.09. The first-order valence-electron chi connectivity index (χ1n) is 7.41. The first-order chi connectivity index (χ1) is 11.7. The van der Waals surface area contributed by atoms with Crippen LogP contribution in [-0.2, 0) is 6.54 Å². The molecule has 0 aliphatic heterocycles. The van der Waals surface area contributed by atoms with Crippen molar-refractivity contribution in [1.29, 1.82) is 0 Å². The van der Waals surface area contributed by atoms with E-state index >= 15 is 0 Å². The summed E-state index contributed by atoms with van der Waals surface area (Å²) in [6, 6.07) is 10.1. The number of rotatable bonds is 4. The minimum absolute atomic E-state index is 0.434. The highest BCUT2D eigenvalue weighted by Gasteiger charge is 2.13. The molecule has 0 amide bonds. The van der Waals surface area contributed by atoms with E-state index in [9.17, 15) is 0 Å². The van der Waals surface area contributed by atoms with Crippen molar-refractivity contribution in [2.24, 2.45) is 0 Å². The van der Waals surface area contributed by atoms with Crippen molar-refractivity contribution >= 4 is 11.5 Å². The Morgan fingerprint density at radius 1 is 1.21 bits per heavy atom. The molecule has 4 aromatic rings. The number of hydrogen-bond donors (Lipinski definition) is 0. The molecule has 24 heavy (non-hydrogen) atoms. The fraction of sp³-hybridized carbons (Fsp3) is 0.188. The Bertz CT molecular complexity index is 972. The lowest BCUT2D eigenvalue weighted by Gasteiger charge is -2.05. The molecule has 3 heterocycles.